The summed E-state index contributed by atoms with van der Waals surface area (Å²) in [6, 6.07) is 17.7. The molecule has 0 radical (unpaired) electrons. The molecule has 1 amide bonds. The maximum Gasteiger partial charge on any atom is 0.234 e. The number of rotatable bonds is 3. The summed E-state index contributed by atoms with van der Waals surface area (Å²) in [6.45, 7) is 2.72. The summed E-state index contributed by atoms with van der Waals surface area (Å²) in [5.74, 6) is 1.29. The van der Waals surface area contributed by atoms with E-state index in [4.69, 9.17) is 4.74 Å². The minimum absolute atomic E-state index is 0.0935. The molecule has 4 rings (SSSR count). The fourth-order valence-electron chi connectivity index (χ4n) is 3.26. The zero-order valence-electron chi connectivity index (χ0n) is 14.2. The number of para-hydroxylation sites is 2. The molecule has 1 aromatic heterocycles. The van der Waals surface area contributed by atoms with Crippen molar-refractivity contribution >= 4 is 17.2 Å². The van der Waals surface area contributed by atoms with E-state index in [1.165, 1.54) is 10.4 Å². The van der Waals surface area contributed by atoms with E-state index < -0.39 is 0 Å². The second-order valence-electron chi connectivity index (χ2n) is 6.33. The van der Waals surface area contributed by atoms with E-state index in [9.17, 15) is 4.79 Å². The van der Waals surface area contributed by atoms with Crippen LogP contribution >= 0.6 is 11.3 Å². The first kappa shape index (κ1) is 15.9. The summed E-state index contributed by atoms with van der Waals surface area (Å²) < 4.78 is 5.99. The van der Waals surface area contributed by atoms with Gasteiger partial charge < -0.3 is 9.64 Å². The minimum Gasteiger partial charge on any atom is -0.457 e. The number of fused-ring (bicyclic) bond motifs is 2. The van der Waals surface area contributed by atoms with Gasteiger partial charge in [0.2, 0.25) is 5.91 Å². The number of hydrogen-bond donors (Lipinski definition) is 0. The van der Waals surface area contributed by atoms with Gasteiger partial charge in [0.15, 0.2) is 0 Å². The normalized spacial score (nSPS) is 12.9. The maximum atomic E-state index is 13.3. The third-order valence-electron chi connectivity index (χ3n) is 4.65. The highest BCUT2D eigenvalue weighted by molar-refractivity contribution is 7.10. The fourth-order valence-corrected chi connectivity index (χ4v) is 4.21. The van der Waals surface area contributed by atoms with Crippen molar-refractivity contribution in [2.75, 3.05) is 7.05 Å². The van der Waals surface area contributed by atoms with Gasteiger partial charge in [-0.1, -0.05) is 36.4 Å². The van der Waals surface area contributed by atoms with Crippen LogP contribution in [0.1, 0.15) is 27.5 Å². The Balaban J connectivity index is 1.71. The molecule has 25 heavy (non-hydrogen) atoms. The van der Waals surface area contributed by atoms with Crippen LogP contribution in [0.2, 0.25) is 0 Å². The number of nitrogens with zero attached hydrogens (tertiary/aromatic N) is 1. The Bertz CT molecular complexity index is 885. The van der Waals surface area contributed by atoms with Crippen LogP contribution in [0.5, 0.6) is 11.5 Å². The summed E-state index contributed by atoms with van der Waals surface area (Å²) in [5, 5.41) is 2.07. The van der Waals surface area contributed by atoms with Gasteiger partial charge in [-0.25, -0.2) is 0 Å². The van der Waals surface area contributed by atoms with Crippen molar-refractivity contribution < 1.29 is 9.53 Å². The first-order valence-corrected chi connectivity index (χ1v) is 9.17. The first-order valence-electron chi connectivity index (χ1n) is 8.29. The average Bonchev–Trinajstić information content (AvgIpc) is 3.03. The predicted octanol–water partition coefficient (Wildman–Crippen LogP) is 4.95. The summed E-state index contributed by atoms with van der Waals surface area (Å²) in [6.07, 6.45) is 0. The molecule has 0 spiro atoms. The van der Waals surface area contributed by atoms with Crippen LogP contribution in [-0.4, -0.2) is 17.9 Å². The van der Waals surface area contributed by atoms with Crippen LogP contribution < -0.4 is 4.74 Å². The molecule has 3 aromatic rings. The number of likely N-dealkylation sites (N-methyl/N-ethyl adjacent to an activating group) is 1. The third kappa shape index (κ3) is 2.83. The molecule has 0 fully saturated rings. The number of carbonyl (C=O) groups is 1. The molecule has 0 N–H and O–H groups in total. The molecule has 2 heterocycles. The Kier molecular flexibility index (Phi) is 4.06. The van der Waals surface area contributed by atoms with Crippen LogP contribution in [0.15, 0.2) is 60.0 Å². The summed E-state index contributed by atoms with van der Waals surface area (Å²) in [5.41, 5.74) is 3.10. The molecule has 0 saturated heterocycles. The Morgan fingerprint density at radius 1 is 1.04 bits per heavy atom. The van der Waals surface area contributed by atoms with Crippen LogP contribution in [0.25, 0.3) is 0 Å². The lowest BCUT2D eigenvalue weighted by atomic mass is 9.87. The number of amides is 1. The molecule has 0 atom stereocenters. The van der Waals surface area contributed by atoms with E-state index in [0.29, 0.717) is 6.54 Å². The third-order valence-corrected chi connectivity index (χ3v) is 5.66. The predicted molar refractivity (Wildman–Crippen MR) is 100 cm³/mol. The van der Waals surface area contributed by atoms with E-state index in [1.807, 2.05) is 60.5 Å². The lowest BCUT2D eigenvalue weighted by Crippen LogP contribution is -2.33. The molecule has 4 heteroatoms. The Morgan fingerprint density at radius 2 is 1.64 bits per heavy atom. The van der Waals surface area contributed by atoms with Crippen LogP contribution in [-0.2, 0) is 11.3 Å². The number of carbonyl (C=O) groups excluding carboxylic acids is 1. The first-order chi connectivity index (χ1) is 12.1. The van der Waals surface area contributed by atoms with Gasteiger partial charge in [0.25, 0.3) is 0 Å². The van der Waals surface area contributed by atoms with Gasteiger partial charge in [-0.05, 0) is 36.1 Å². The molecular weight excluding hydrogens is 330 g/mol. The lowest BCUT2D eigenvalue weighted by Gasteiger charge is -2.30. The van der Waals surface area contributed by atoms with Crippen molar-refractivity contribution in [1.82, 2.24) is 4.90 Å². The number of hydrogen-bond acceptors (Lipinski definition) is 3. The Labute approximate surface area is 151 Å². The topological polar surface area (TPSA) is 29.5 Å². The Hall–Kier alpha value is -2.59. The van der Waals surface area contributed by atoms with Crippen LogP contribution in [0.4, 0.5) is 0 Å². The lowest BCUT2D eigenvalue weighted by molar-refractivity contribution is -0.131. The van der Waals surface area contributed by atoms with Crippen LogP contribution in [0, 0.1) is 6.92 Å². The molecular formula is C21H19NO2S. The number of benzene rings is 2. The molecule has 1 aliphatic heterocycles. The standard InChI is InChI=1S/C21H19NO2S/c1-14-11-12-25-19(14)13-22(2)21(23)20-15-7-3-5-9-17(15)24-18-10-6-4-8-16(18)20/h3-12,20H,13H2,1-2H3. The zero-order chi connectivity index (χ0) is 17.4. The summed E-state index contributed by atoms with van der Waals surface area (Å²) >= 11 is 1.69. The number of thiophene rings is 1. The fraction of sp³-hybridized carbons (Fsp3) is 0.190. The molecule has 0 unspecified atom stereocenters. The summed E-state index contributed by atoms with van der Waals surface area (Å²) in [4.78, 5) is 16.4. The monoisotopic (exact) mass is 349 g/mol. The van der Waals surface area contributed by atoms with Gasteiger partial charge in [-0.3, -0.25) is 4.79 Å². The molecule has 3 nitrogen and oxygen atoms in total. The number of aryl methyl sites for hydroxylation is 1. The maximum absolute atomic E-state index is 13.3. The van der Waals surface area contributed by atoms with Gasteiger partial charge in [0.1, 0.15) is 11.5 Å². The molecule has 0 bridgehead atoms. The number of ether oxygens (including phenoxy) is 1. The molecule has 1 aliphatic rings. The van der Waals surface area contributed by atoms with Crippen molar-refractivity contribution in [3.63, 3.8) is 0 Å². The van der Waals surface area contributed by atoms with Gasteiger partial charge in [0.05, 0.1) is 12.5 Å². The van der Waals surface area contributed by atoms with Gasteiger partial charge in [-0.2, -0.15) is 0 Å². The molecule has 126 valence electrons. The van der Waals surface area contributed by atoms with Crippen molar-refractivity contribution in [2.24, 2.45) is 0 Å². The minimum atomic E-state index is -0.327. The zero-order valence-corrected chi connectivity index (χ0v) is 15.0. The van der Waals surface area contributed by atoms with E-state index in [0.717, 1.165) is 22.6 Å². The van der Waals surface area contributed by atoms with E-state index in [-0.39, 0.29) is 11.8 Å². The average molecular weight is 349 g/mol. The van der Waals surface area contributed by atoms with Crippen molar-refractivity contribution in [3.8, 4) is 11.5 Å². The highest BCUT2D eigenvalue weighted by atomic mass is 32.1. The van der Waals surface area contributed by atoms with Gasteiger partial charge in [-0.15, -0.1) is 11.3 Å². The SMILES string of the molecule is Cc1ccsc1CN(C)C(=O)C1c2ccccc2Oc2ccccc21. The molecule has 0 saturated carbocycles. The highest BCUT2D eigenvalue weighted by Crippen LogP contribution is 2.44. The van der Waals surface area contributed by atoms with Crippen molar-refractivity contribution in [3.05, 3.63) is 81.5 Å². The van der Waals surface area contributed by atoms with Gasteiger partial charge >= 0.3 is 0 Å². The molecule has 0 aliphatic carbocycles. The quantitative estimate of drug-likeness (QED) is 0.669. The second kappa shape index (κ2) is 6.37. The van der Waals surface area contributed by atoms with E-state index in [2.05, 4.69) is 18.4 Å². The highest BCUT2D eigenvalue weighted by Gasteiger charge is 2.34. The van der Waals surface area contributed by atoms with Crippen molar-refractivity contribution in [1.29, 1.82) is 0 Å². The molecule has 2 aromatic carbocycles. The van der Waals surface area contributed by atoms with E-state index in [1.54, 1.807) is 11.3 Å². The second-order valence-corrected chi connectivity index (χ2v) is 7.33. The Morgan fingerprint density at radius 3 is 2.20 bits per heavy atom. The largest absolute Gasteiger partial charge is 0.457 e. The smallest absolute Gasteiger partial charge is 0.234 e. The van der Waals surface area contributed by atoms with Crippen molar-refractivity contribution in [2.45, 2.75) is 19.4 Å². The van der Waals surface area contributed by atoms with Gasteiger partial charge in [0, 0.05) is 23.1 Å². The van der Waals surface area contributed by atoms with Crippen LogP contribution in [0.3, 0.4) is 0 Å². The van der Waals surface area contributed by atoms with E-state index >= 15 is 0 Å². The summed E-state index contributed by atoms with van der Waals surface area (Å²) in [7, 11) is 1.88.